The maximum Gasteiger partial charge on any atom is 0.0452 e. The topological polar surface area (TPSA) is 0 Å². The number of terminal acetylenes is 1. The third-order valence-electron chi connectivity index (χ3n) is 3.28. The van der Waals surface area contributed by atoms with Crippen molar-refractivity contribution in [1.29, 1.82) is 0 Å². The minimum atomic E-state index is 0.205. The molecule has 0 aliphatic carbocycles. The third kappa shape index (κ3) is 3.91. The van der Waals surface area contributed by atoms with Gasteiger partial charge >= 0.3 is 0 Å². The fourth-order valence-electron chi connectivity index (χ4n) is 2.14. The lowest BCUT2D eigenvalue weighted by molar-refractivity contribution is 0.754. The Hall–Kier alpha value is -1.65. The van der Waals surface area contributed by atoms with Gasteiger partial charge in [0.25, 0.3) is 0 Å². The Morgan fingerprint density at radius 2 is 1.74 bits per heavy atom. The van der Waals surface area contributed by atoms with Gasteiger partial charge in [-0.3, -0.25) is 0 Å². The van der Waals surface area contributed by atoms with Gasteiger partial charge in [-0.2, -0.15) is 0 Å². The highest BCUT2D eigenvalue weighted by Crippen LogP contribution is 2.23. The fourth-order valence-corrected chi connectivity index (χ4v) is 2.55. The normalized spacial score (nSPS) is 11.8. The van der Waals surface area contributed by atoms with Gasteiger partial charge in [0.05, 0.1) is 0 Å². The van der Waals surface area contributed by atoms with E-state index in [4.69, 9.17) is 6.42 Å². The highest BCUT2D eigenvalue weighted by Gasteiger charge is 2.08. The van der Waals surface area contributed by atoms with Gasteiger partial charge in [0, 0.05) is 10.8 Å². The maximum absolute atomic E-state index is 5.68. The molecule has 2 rings (SSSR count). The number of rotatable bonds is 5. The third-order valence-corrected chi connectivity index (χ3v) is 4.03. The molecule has 0 N–H and O–H groups in total. The molecule has 1 heteroatoms. The number of aryl methyl sites for hydroxylation is 1. The lowest BCUT2D eigenvalue weighted by Gasteiger charge is -2.11. The van der Waals surface area contributed by atoms with Gasteiger partial charge in [-0.1, -0.05) is 48.4 Å². The Labute approximate surface area is 120 Å². The lowest BCUT2D eigenvalue weighted by Crippen LogP contribution is -1.98. The van der Waals surface area contributed by atoms with Crippen molar-refractivity contribution in [3.63, 3.8) is 0 Å². The molecule has 96 valence electrons. The second kappa shape index (κ2) is 7.07. The van der Waals surface area contributed by atoms with Gasteiger partial charge in [-0.05, 0) is 42.4 Å². The maximum atomic E-state index is 5.68. The Morgan fingerprint density at radius 1 is 1.05 bits per heavy atom. The molecule has 0 saturated carbocycles. The van der Waals surface area contributed by atoms with Gasteiger partial charge in [-0.25, -0.2) is 0 Å². The molecule has 1 unspecified atom stereocenters. The molecule has 0 nitrogen and oxygen atoms in total. The van der Waals surface area contributed by atoms with Crippen LogP contribution >= 0.6 is 11.8 Å². The zero-order chi connectivity index (χ0) is 13.5. The summed E-state index contributed by atoms with van der Waals surface area (Å²) in [6, 6.07) is 19.1. The van der Waals surface area contributed by atoms with E-state index in [1.54, 1.807) is 11.8 Å². The molecule has 0 amide bonds. The molecule has 0 bridgehead atoms. The second-order valence-corrected chi connectivity index (χ2v) is 5.40. The summed E-state index contributed by atoms with van der Waals surface area (Å²) in [5.41, 5.74) is 2.60. The van der Waals surface area contributed by atoms with Crippen molar-refractivity contribution in [3.05, 3.63) is 65.7 Å². The molecule has 2 aromatic rings. The van der Waals surface area contributed by atoms with Crippen molar-refractivity contribution >= 4 is 11.8 Å². The van der Waals surface area contributed by atoms with E-state index in [-0.39, 0.29) is 5.92 Å². The Kier molecular flexibility index (Phi) is 5.12. The van der Waals surface area contributed by atoms with Crippen molar-refractivity contribution in [2.24, 2.45) is 0 Å². The summed E-state index contributed by atoms with van der Waals surface area (Å²) < 4.78 is 0. The minimum Gasteiger partial charge on any atom is -0.130 e. The quantitative estimate of drug-likeness (QED) is 0.555. The van der Waals surface area contributed by atoms with Crippen LogP contribution in [0.1, 0.15) is 23.5 Å². The summed E-state index contributed by atoms with van der Waals surface area (Å²) in [5, 5.41) is 0. The molecular weight excluding hydrogens is 248 g/mol. The van der Waals surface area contributed by atoms with Gasteiger partial charge in [0.2, 0.25) is 0 Å². The Morgan fingerprint density at radius 3 is 2.32 bits per heavy atom. The summed E-state index contributed by atoms with van der Waals surface area (Å²) in [6.07, 6.45) is 9.80. The molecule has 0 heterocycles. The van der Waals surface area contributed by atoms with Crippen LogP contribution in [0.4, 0.5) is 0 Å². The van der Waals surface area contributed by atoms with Crippen molar-refractivity contribution in [2.45, 2.75) is 23.7 Å². The molecule has 0 fully saturated rings. The van der Waals surface area contributed by atoms with Crippen LogP contribution in [0.25, 0.3) is 0 Å². The summed E-state index contributed by atoms with van der Waals surface area (Å²) >= 11 is 1.76. The van der Waals surface area contributed by atoms with Gasteiger partial charge in [0.1, 0.15) is 0 Å². The number of hydrogen-bond donors (Lipinski definition) is 0. The number of hydrogen-bond acceptors (Lipinski definition) is 1. The van der Waals surface area contributed by atoms with Crippen LogP contribution in [0.15, 0.2) is 59.5 Å². The van der Waals surface area contributed by atoms with E-state index in [1.165, 1.54) is 16.0 Å². The van der Waals surface area contributed by atoms with Gasteiger partial charge < -0.3 is 0 Å². The molecule has 19 heavy (non-hydrogen) atoms. The molecule has 0 aliphatic heterocycles. The van der Waals surface area contributed by atoms with Crippen molar-refractivity contribution < 1.29 is 0 Å². The standard InChI is InChI=1S/C18H18S/c1-3-16(10-9-15-7-5-4-6-8-15)17-11-13-18(19-2)14-12-17/h1,4-8,11-14,16H,9-10H2,2H3. The lowest BCUT2D eigenvalue weighted by atomic mass is 9.93. The van der Waals surface area contributed by atoms with Crippen LogP contribution < -0.4 is 0 Å². The van der Waals surface area contributed by atoms with E-state index in [9.17, 15) is 0 Å². The van der Waals surface area contributed by atoms with E-state index >= 15 is 0 Å². The largest absolute Gasteiger partial charge is 0.130 e. The van der Waals surface area contributed by atoms with Crippen molar-refractivity contribution in [2.75, 3.05) is 6.26 Å². The average Bonchev–Trinajstić information content (AvgIpc) is 2.49. The first-order valence-electron chi connectivity index (χ1n) is 6.47. The van der Waals surface area contributed by atoms with Crippen LogP contribution in [0, 0.1) is 12.3 Å². The Bertz CT molecular complexity index is 534. The molecule has 0 spiro atoms. The molecule has 0 aliphatic rings. The summed E-state index contributed by atoms with van der Waals surface area (Å²) in [6.45, 7) is 0. The van der Waals surface area contributed by atoms with E-state index < -0.39 is 0 Å². The summed E-state index contributed by atoms with van der Waals surface area (Å²) in [5.74, 6) is 3.12. The first-order valence-corrected chi connectivity index (χ1v) is 7.70. The second-order valence-electron chi connectivity index (χ2n) is 4.52. The zero-order valence-electron chi connectivity index (χ0n) is 11.2. The van der Waals surface area contributed by atoms with E-state index in [2.05, 4.69) is 60.7 Å². The number of thioether (sulfide) groups is 1. The van der Waals surface area contributed by atoms with E-state index in [0.29, 0.717) is 0 Å². The zero-order valence-corrected chi connectivity index (χ0v) is 12.0. The van der Waals surface area contributed by atoms with Gasteiger partial charge in [0.15, 0.2) is 0 Å². The summed E-state index contributed by atoms with van der Waals surface area (Å²) in [4.78, 5) is 1.28. The number of benzene rings is 2. The fraction of sp³-hybridized carbons (Fsp3) is 0.222. The first-order chi connectivity index (χ1) is 9.33. The molecule has 2 aromatic carbocycles. The average molecular weight is 266 g/mol. The molecule has 0 aromatic heterocycles. The summed E-state index contributed by atoms with van der Waals surface area (Å²) in [7, 11) is 0. The van der Waals surface area contributed by atoms with Crippen LogP contribution in [0.3, 0.4) is 0 Å². The van der Waals surface area contributed by atoms with Crippen LogP contribution in [-0.4, -0.2) is 6.26 Å². The van der Waals surface area contributed by atoms with E-state index in [1.807, 2.05) is 6.07 Å². The monoisotopic (exact) mass is 266 g/mol. The molecular formula is C18H18S. The van der Waals surface area contributed by atoms with Gasteiger partial charge in [-0.15, -0.1) is 18.2 Å². The smallest absolute Gasteiger partial charge is 0.0452 e. The molecule has 0 saturated heterocycles. The van der Waals surface area contributed by atoms with Crippen LogP contribution in [-0.2, 0) is 6.42 Å². The van der Waals surface area contributed by atoms with Crippen molar-refractivity contribution in [1.82, 2.24) is 0 Å². The predicted molar refractivity (Wildman–Crippen MR) is 84.6 cm³/mol. The molecule has 1 atom stereocenters. The van der Waals surface area contributed by atoms with Crippen molar-refractivity contribution in [3.8, 4) is 12.3 Å². The van der Waals surface area contributed by atoms with E-state index in [0.717, 1.165) is 12.8 Å². The Balaban J connectivity index is 2.02. The highest BCUT2D eigenvalue weighted by molar-refractivity contribution is 7.98. The molecule has 0 radical (unpaired) electrons. The highest BCUT2D eigenvalue weighted by atomic mass is 32.2. The predicted octanol–water partition coefficient (Wildman–Crippen LogP) is 4.76. The first kappa shape index (κ1) is 13.8. The van der Waals surface area contributed by atoms with Crippen LogP contribution in [0.2, 0.25) is 0 Å². The minimum absolute atomic E-state index is 0.205. The van der Waals surface area contributed by atoms with Crippen LogP contribution in [0.5, 0.6) is 0 Å². The SMILES string of the molecule is C#CC(CCc1ccccc1)c1ccc(SC)cc1.